The molecule has 2 rings (SSSR count). The third-order valence-corrected chi connectivity index (χ3v) is 3.77. The monoisotopic (exact) mass is 342 g/mol. The number of hydrogen-bond acceptors (Lipinski definition) is 6. The number of carboxylic acids is 1. The molecule has 2 heterocycles. The molecule has 9 nitrogen and oxygen atoms in total. The standard InChI is InChI=1S/C15H22N2O7/c1-15(2,3)24-14(22)16-9(12(19)20)4-5-11(18)17-7-8-6-10(17)13(21)23-8/h8-10H,4-7H2,1-3H3,(H,16,22)(H,19,20)/t8-,9+,10?/m1/s1. The summed E-state index contributed by atoms with van der Waals surface area (Å²) in [4.78, 5) is 48.0. The van der Waals surface area contributed by atoms with E-state index in [2.05, 4.69) is 5.32 Å². The third kappa shape index (κ3) is 4.36. The second-order valence-corrected chi connectivity index (χ2v) is 6.93. The summed E-state index contributed by atoms with van der Waals surface area (Å²) in [5.41, 5.74) is -0.752. The molecule has 2 aliphatic heterocycles. The summed E-state index contributed by atoms with van der Waals surface area (Å²) in [5.74, 6) is -1.99. The van der Waals surface area contributed by atoms with Crippen LogP contribution in [0.5, 0.6) is 0 Å². The van der Waals surface area contributed by atoms with Gasteiger partial charge in [0.05, 0.1) is 6.54 Å². The zero-order valence-electron chi connectivity index (χ0n) is 13.9. The number of morpholine rings is 1. The average molecular weight is 342 g/mol. The van der Waals surface area contributed by atoms with Crippen molar-refractivity contribution in [2.75, 3.05) is 6.54 Å². The number of carboxylic acid groups (broad SMARTS) is 1. The van der Waals surface area contributed by atoms with Gasteiger partial charge in [-0.2, -0.15) is 0 Å². The van der Waals surface area contributed by atoms with Crippen molar-refractivity contribution in [1.29, 1.82) is 0 Å². The largest absolute Gasteiger partial charge is 0.480 e. The molecule has 2 fully saturated rings. The van der Waals surface area contributed by atoms with Crippen molar-refractivity contribution < 1.29 is 33.8 Å². The lowest BCUT2D eigenvalue weighted by Gasteiger charge is -2.26. The van der Waals surface area contributed by atoms with Crippen LogP contribution in [0.1, 0.15) is 40.0 Å². The van der Waals surface area contributed by atoms with Crippen LogP contribution in [0.4, 0.5) is 4.79 Å². The van der Waals surface area contributed by atoms with Crippen LogP contribution in [0.3, 0.4) is 0 Å². The van der Waals surface area contributed by atoms with E-state index >= 15 is 0 Å². The van der Waals surface area contributed by atoms with E-state index in [1.165, 1.54) is 4.90 Å². The first-order valence-electron chi connectivity index (χ1n) is 7.79. The SMILES string of the molecule is CC(C)(C)OC(=O)N[C@@H](CCC(=O)N1C[C@H]2CC1C(=O)O2)C(=O)O. The highest BCUT2D eigenvalue weighted by molar-refractivity contribution is 5.88. The molecule has 0 aromatic heterocycles. The van der Waals surface area contributed by atoms with Crippen molar-refractivity contribution in [1.82, 2.24) is 10.2 Å². The lowest BCUT2D eigenvalue weighted by atomic mass is 10.1. The molecular formula is C15H22N2O7. The predicted molar refractivity (Wildman–Crippen MR) is 80.0 cm³/mol. The van der Waals surface area contributed by atoms with E-state index in [-0.39, 0.29) is 24.9 Å². The third-order valence-electron chi connectivity index (χ3n) is 3.77. The summed E-state index contributed by atoms with van der Waals surface area (Å²) < 4.78 is 10.0. The molecule has 0 aromatic rings. The molecule has 2 amide bonds. The van der Waals surface area contributed by atoms with Gasteiger partial charge in [0.25, 0.3) is 0 Å². The highest BCUT2D eigenvalue weighted by atomic mass is 16.6. The van der Waals surface area contributed by atoms with Crippen LogP contribution in [0.25, 0.3) is 0 Å². The zero-order valence-corrected chi connectivity index (χ0v) is 13.9. The van der Waals surface area contributed by atoms with Gasteiger partial charge < -0.3 is 24.8 Å². The molecule has 0 spiro atoms. The van der Waals surface area contributed by atoms with Crippen LogP contribution in [-0.2, 0) is 23.9 Å². The fraction of sp³-hybridized carbons (Fsp3) is 0.733. The highest BCUT2D eigenvalue weighted by Crippen LogP contribution is 2.29. The van der Waals surface area contributed by atoms with Crippen molar-refractivity contribution in [2.24, 2.45) is 0 Å². The molecule has 1 unspecified atom stereocenters. The second-order valence-electron chi connectivity index (χ2n) is 6.93. The molecule has 24 heavy (non-hydrogen) atoms. The van der Waals surface area contributed by atoms with Gasteiger partial charge >= 0.3 is 18.0 Å². The number of fused-ring (bicyclic) bond motifs is 2. The van der Waals surface area contributed by atoms with E-state index in [0.29, 0.717) is 13.0 Å². The van der Waals surface area contributed by atoms with Crippen LogP contribution >= 0.6 is 0 Å². The van der Waals surface area contributed by atoms with Crippen molar-refractivity contribution in [3.05, 3.63) is 0 Å². The Morgan fingerprint density at radius 1 is 1.42 bits per heavy atom. The van der Waals surface area contributed by atoms with Gasteiger partial charge in [0.15, 0.2) is 0 Å². The van der Waals surface area contributed by atoms with E-state index in [0.717, 1.165) is 0 Å². The number of rotatable bonds is 5. The number of hydrogen-bond donors (Lipinski definition) is 2. The average Bonchev–Trinajstić information content (AvgIpc) is 2.99. The van der Waals surface area contributed by atoms with Crippen molar-refractivity contribution in [2.45, 2.75) is 63.8 Å². The lowest BCUT2D eigenvalue weighted by molar-refractivity contribution is -0.157. The minimum absolute atomic E-state index is 0.0870. The number of alkyl carbamates (subject to hydrolysis) is 1. The smallest absolute Gasteiger partial charge is 0.408 e. The summed E-state index contributed by atoms with van der Waals surface area (Å²) in [6.45, 7) is 5.32. The first-order chi connectivity index (χ1) is 11.1. The number of carbonyl (C=O) groups excluding carboxylic acids is 3. The molecule has 9 heteroatoms. The molecule has 2 N–H and O–H groups in total. The van der Waals surface area contributed by atoms with Crippen LogP contribution in [0.2, 0.25) is 0 Å². The van der Waals surface area contributed by atoms with E-state index in [1.54, 1.807) is 20.8 Å². The topological polar surface area (TPSA) is 122 Å². The van der Waals surface area contributed by atoms with E-state index in [4.69, 9.17) is 9.47 Å². The summed E-state index contributed by atoms with van der Waals surface area (Å²) in [6.07, 6.45) is -0.810. The highest BCUT2D eigenvalue weighted by Gasteiger charge is 2.48. The van der Waals surface area contributed by atoms with Crippen LogP contribution < -0.4 is 5.32 Å². The Bertz CT molecular complexity index is 555. The van der Waals surface area contributed by atoms with Crippen LogP contribution in [0, 0.1) is 0 Å². The Kier molecular flexibility index (Phi) is 5.00. The molecule has 0 saturated carbocycles. The number of nitrogens with zero attached hydrogens (tertiary/aromatic N) is 1. The number of nitrogens with one attached hydrogen (secondary N) is 1. The van der Waals surface area contributed by atoms with Crippen molar-refractivity contribution in [3.63, 3.8) is 0 Å². The van der Waals surface area contributed by atoms with E-state index < -0.39 is 35.7 Å². The van der Waals surface area contributed by atoms with Gasteiger partial charge in [0.2, 0.25) is 5.91 Å². The molecule has 2 bridgehead atoms. The lowest BCUT2D eigenvalue weighted by Crippen LogP contribution is -2.46. The van der Waals surface area contributed by atoms with Gasteiger partial charge in [-0.25, -0.2) is 14.4 Å². The molecule has 0 radical (unpaired) electrons. The summed E-state index contributed by atoms with van der Waals surface area (Å²) in [5, 5.41) is 11.4. The van der Waals surface area contributed by atoms with Gasteiger partial charge in [-0.3, -0.25) is 4.79 Å². The van der Waals surface area contributed by atoms with Crippen LogP contribution in [0.15, 0.2) is 0 Å². The van der Waals surface area contributed by atoms with E-state index in [9.17, 15) is 24.3 Å². The maximum atomic E-state index is 12.2. The first-order valence-corrected chi connectivity index (χ1v) is 7.79. The second kappa shape index (κ2) is 6.66. The quantitative estimate of drug-likeness (QED) is 0.688. The Balaban J connectivity index is 1.85. The number of amides is 2. The fourth-order valence-corrected chi connectivity index (χ4v) is 2.74. The maximum Gasteiger partial charge on any atom is 0.408 e. The molecule has 0 aliphatic carbocycles. The Hall–Kier alpha value is -2.32. The van der Waals surface area contributed by atoms with Crippen molar-refractivity contribution >= 4 is 23.9 Å². The number of esters is 1. The van der Waals surface area contributed by atoms with Crippen molar-refractivity contribution in [3.8, 4) is 0 Å². The van der Waals surface area contributed by atoms with Gasteiger partial charge in [0, 0.05) is 12.8 Å². The van der Waals surface area contributed by atoms with Gasteiger partial charge in [-0.05, 0) is 27.2 Å². The molecule has 134 valence electrons. The summed E-state index contributed by atoms with van der Waals surface area (Å²) in [7, 11) is 0. The summed E-state index contributed by atoms with van der Waals surface area (Å²) in [6, 6.07) is -1.81. The number of carbonyl (C=O) groups is 4. The number of ether oxygens (including phenoxy) is 2. The van der Waals surface area contributed by atoms with Gasteiger partial charge in [-0.1, -0.05) is 0 Å². The maximum absolute atomic E-state index is 12.2. The first kappa shape index (κ1) is 18.0. The Morgan fingerprint density at radius 3 is 2.58 bits per heavy atom. The zero-order chi connectivity index (χ0) is 18.1. The minimum Gasteiger partial charge on any atom is -0.480 e. The van der Waals surface area contributed by atoms with Crippen LogP contribution in [-0.4, -0.2) is 64.3 Å². The van der Waals surface area contributed by atoms with Gasteiger partial charge in [-0.15, -0.1) is 0 Å². The van der Waals surface area contributed by atoms with E-state index in [1.807, 2.05) is 0 Å². The number of likely N-dealkylation sites (tertiary alicyclic amines) is 1. The molecule has 2 aliphatic rings. The minimum atomic E-state index is -1.25. The summed E-state index contributed by atoms with van der Waals surface area (Å²) >= 11 is 0. The number of aliphatic carboxylic acids is 1. The fourth-order valence-electron chi connectivity index (χ4n) is 2.74. The predicted octanol–water partition coefficient (Wildman–Crippen LogP) is 0.271. The molecule has 0 aromatic carbocycles. The molecular weight excluding hydrogens is 320 g/mol. The van der Waals surface area contributed by atoms with Gasteiger partial charge in [0.1, 0.15) is 23.8 Å². The Morgan fingerprint density at radius 2 is 2.08 bits per heavy atom. The molecule has 3 atom stereocenters. The normalized spacial score (nSPS) is 23.6. The Labute approximate surface area is 139 Å². The molecule has 2 saturated heterocycles.